The van der Waals surface area contributed by atoms with Crippen molar-refractivity contribution in [2.45, 2.75) is 6.61 Å². The second-order valence-corrected chi connectivity index (χ2v) is 6.63. The molecule has 1 amide bonds. The molecule has 3 aromatic rings. The Bertz CT molecular complexity index is 1070. The van der Waals surface area contributed by atoms with Gasteiger partial charge in [0.25, 0.3) is 5.91 Å². The minimum absolute atomic E-state index is 0.160. The molecule has 0 unspecified atom stereocenters. The van der Waals surface area contributed by atoms with Gasteiger partial charge in [-0.15, -0.1) is 0 Å². The van der Waals surface area contributed by atoms with Crippen molar-refractivity contribution in [1.82, 2.24) is 5.43 Å². The van der Waals surface area contributed by atoms with Crippen LogP contribution >= 0.6 is 11.6 Å². The first-order chi connectivity index (χ1) is 14.2. The van der Waals surface area contributed by atoms with Crippen molar-refractivity contribution < 1.29 is 19.0 Å². The molecule has 146 valence electrons. The molecule has 1 aliphatic rings. The minimum atomic E-state index is -0.342. The van der Waals surface area contributed by atoms with E-state index in [0.717, 1.165) is 11.1 Å². The van der Waals surface area contributed by atoms with E-state index in [0.29, 0.717) is 34.4 Å². The Labute approximate surface area is 172 Å². The maximum atomic E-state index is 12.2. The third-order valence-electron chi connectivity index (χ3n) is 4.22. The number of hydrogen-bond acceptors (Lipinski definition) is 5. The maximum Gasteiger partial charge on any atom is 0.271 e. The van der Waals surface area contributed by atoms with Gasteiger partial charge in [0.05, 0.1) is 6.21 Å². The van der Waals surface area contributed by atoms with Gasteiger partial charge in [0.2, 0.25) is 6.79 Å². The molecule has 0 saturated carbocycles. The summed E-state index contributed by atoms with van der Waals surface area (Å²) in [5, 5.41) is 4.68. The molecule has 0 spiro atoms. The van der Waals surface area contributed by atoms with Gasteiger partial charge in [-0.1, -0.05) is 41.9 Å². The van der Waals surface area contributed by atoms with E-state index >= 15 is 0 Å². The van der Waals surface area contributed by atoms with E-state index in [1.807, 2.05) is 48.5 Å². The number of hydrogen-bond donors (Lipinski definition) is 1. The first-order valence-electron chi connectivity index (χ1n) is 8.88. The van der Waals surface area contributed by atoms with Crippen molar-refractivity contribution in [3.8, 4) is 17.2 Å². The predicted octanol–water partition coefficient (Wildman–Crippen LogP) is 4.41. The predicted molar refractivity (Wildman–Crippen MR) is 110 cm³/mol. The number of rotatable bonds is 6. The molecule has 0 atom stereocenters. The second-order valence-electron chi connectivity index (χ2n) is 6.22. The largest absolute Gasteiger partial charge is 0.489 e. The number of carbonyl (C=O) groups excluding carboxylic acids is 1. The van der Waals surface area contributed by atoms with E-state index in [-0.39, 0.29) is 12.7 Å². The summed E-state index contributed by atoms with van der Waals surface area (Å²) in [6.07, 6.45) is 1.55. The van der Waals surface area contributed by atoms with Crippen molar-refractivity contribution in [2.24, 2.45) is 5.10 Å². The van der Waals surface area contributed by atoms with E-state index in [1.54, 1.807) is 24.4 Å². The molecule has 29 heavy (non-hydrogen) atoms. The Hall–Kier alpha value is -3.51. The SMILES string of the molecule is O=C(N/N=C/c1cccc(OCc2ccccc2Cl)c1)c1ccc2c(c1)OCO2. The number of nitrogens with one attached hydrogen (secondary N) is 1. The zero-order valence-corrected chi connectivity index (χ0v) is 16.1. The van der Waals surface area contributed by atoms with E-state index in [4.69, 9.17) is 25.8 Å². The lowest BCUT2D eigenvalue weighted by Gasteiger charge is -2.08. The van der Waals surface area contributed by atoms with Gasteiger partial charge in [-0.3, -0.25) is 4.79 Å². The van der Waals surface area contributed by atoms with Crippen LogP contribution in [0.4, 0.5) is 0 Å². The van der Waals surface area contributed by atoms with Crippen LogP contribution < -0.4 is 19.6 Å². The lowest BCUT2D eigenvalue weighted by molar-refractivity contribution is 0.0954. The lowest BCUT2D eigenvalue weighted by Crippen LogP contribution is -2.17. The van der Waals surface area contributed by atoms with Gasteiger partial charge in [-0.2, -0.15) is 5.10 Å². The average Bonchev–Trinajstić information content (AvgIpc) is 3.21. The summed E-state index contributed by atoms with van der Waals surface area (Å²) >= 11 is 6.15. The Morgan fingerprint density at radius 1 is 1.07 bits per heavy atom. The summed E-state index contributed by atoms with van der Waals surface area (Å²) in [4.78, 5) is 12.2. The summed E-state index contributed by atoms with van der Waals surface area (Å²) in [6, 6.07) is 19.9. The quantitative estimate of drug-likeness (QED) is 0.484. The summed E-state index contributed by atoms with van der Waals surface area (Å²) in [7, 11) is 0. The van der Waals surface area contributed by atoms with Gasteiger partial charge in [-0.25, -0.2) is 5.43 Å². The number of benzene rings is 3. The molecule has 1 heterocycles. The number of amides is 1. The fourth-order valence-electron chi connectivity index (χ4n) is 2.73. The minimum Gasteiger partial charge on any atom is -0.489 e. The topological polar surface area (TPSA) is 69.2 Å². The first kappa shape index (κ1) is 18.8. The van der Waals surface area contributed by atoms with E-state index < -0.39 is 0 Å². The van der Waals surface area contributed by atoms with Crippen LogP contribution in [0.25, 0.3) is 0 Å². The van der Waals surface area contributed by atoms with Crippen LogP contribution in [0.3, 0.4) is 0 Å². The van der Waals surface area contributed by atoms with E-state index in [9.17, 15) is 4.79 Å². The number of carbonyl (C=O) groups is 1. The number of hydrazone groups is 1. The monoisotopic (exact) mass is 408 g/mol. The maximum absolute atomic E-state index is 12.2. The number of nitrogens with zero attached hydrogens (tertiary/aromatic N) is 1. The molecule has 3 aromatic carbocycles. The Morgan fingerprint density at radius 2 is 1.93 bits per heavy atom. The highest BCUT2D eigenvalue weighted by Gasteiger charge is 2.15. The summed E-state index contributed by atoms with van der Waals surface area (Å²) in [5.41, 5.74) is 4.62. The Balaban J connectivity index is 1.35. The fourth-order valence-corrected chi connectivity index (χ4v) is 2.92. The lowest BCUT2D eigenvalue weighted by atomic mass is 10.2. The number of fused-ring (bicyclic) bond motifs is 1. The molecular formula is C22H17ClN2O4. The highest BCUT2D eigenvalue weighted by atomic mass is 35.5. The van der Waals surface area contributed by atoms with Crippen LogP contribution in [-0.4, -0.2) is 18.9 Å². The zero-order valence-electron chi connectivity index (χ0n) is 15.3. The summed E-state index contributed by atoms with van der Waals surface area (Å²) in [5.74, 6) is 1.50. The molecule has 0 radical (unpaired) electrons. The standard InChI is InChI=1S/C22H17ClN2O4/c23-19-7-2-1-5-17(19)13-27-18-6-3-4-15(10-18)12-24-25-22(26)16-8-9-20-21(11-16)29-14-28-20/h1-12H,13-14H2,(H,25,26)/b24-12+. The van der Waals surface area contributed by atoms with Crippen molar-refractivity contribution in [2.75, 3.05) is 6.79 Å². The van der Waals surface area contributed by atoms with Crippen molar-refractivity contribution >= 4 is 23.7 Å². The number of halogens is 1. The van der Waals surface area contributed by atoms with Gasteiger partial charge >= 0.3 is 0 Å². The normalized spacial score (nSPS) is 12.2. The molecule has 6 nitrogen and oxygen atoms in total. The van der Waals surface area contributed by atoms with E-state index in [2.05, 4.69) is 10.5 Å². The molecular weight excluding hydrogens is 392 g/mol. The summed E-state index contributed by atoms with van der Waals surface area (Å²) in [6.45, 7) is 0.522. The van der Waals surface area contributed by atoms with Crippen molar-refractivity contribution in [3.63, 3.8) is 0 Å². The van der Waals surface area contributed by atoms with Gasteiger partial charge in [-0.05, 0) is 42.0 Å². The molecule has 0 bridgehead atoms. The first-order valence-corrected chi connectivity index (χ1v) is 9.26. The van der Waals surface area contributed by atoms with Crippen LogP contribution in [0.5, 0.6) is 17.2 Å². The van der Waals surface area contributed by atoms with Crippen LogP contribution in [0.2, 0.25) is 5.02 Å². The fraction of sp³-hybridized carbons (Fsp3) is 0.0909. The summed E-state index contributed by atoms with van der Waals surface area (Å²) < 4.78 is 16.3. The highest BCUT2D eigenvalue weighted by Crippen LogP contribution is 2.32. The highest BCUT2D eigenvalue weighted by molar-refractivity contribution is 6.31. The Kier molecular flexibility index (Phi) is 5.63. The van der Waals surface area contributed by atoms with Gasteiger partial charge in [0.15, 0.2) is 11.5 Å². The molecule has 0 aliphatic carbocycles. The third-order valence-corrected chi connectivity index (χ3v) is 4.59. The zero-order chi connectivity index (χ0) is 20.1. The molecule has 1 aliphatic heterocycles. The Morgan fingerprint density at radius 3 is 2.83 bits per heavy atom. The van der Waals surface area contributed by atoms with Crippen LogP contribution in [0.1, 0.15) is 21.5 Å². The molecule has 7 heteroatoms. The molecule has 0 saturated heterocycles. The van der Waals surface area contributed by atoms with Crippen LogP contribution in [0.15, 0.2) is 71.8 Å². The molecule has 0 fully saturated rings. The molecule has 1 N–H and O–H groups in total. The van der Waals surface area contributed by atoms with E-state index in [1.165, 1.54) is 0 Å². The third kappa shape index (κ3) is 4.67. The van der Waals surface area contributed by atoms with Crippen LogP contribution in [0, 0.1) is 0 Å². The molecule has 4 rings (SSSR count). The van der Waals surface area contributed by atoms with Crippen molar-refractivity contribution in [1.29, 1.82) is 0 Å². The van der Waals surface area contributed by atoms with Gasteiger partial charge in [0.1, 0.15) is 12.4 Å². The van der Waals surface area contributed by atoms with Crippen LogP contribution in [-0.2, 0) is 6.61 Å². The second kappa shape index (κ2) is 8.67. The smallest absolute Gasteiger partial charge is 0.271 e. The number of ether oxygens (including phenoxy) is 3. The van der Waals surface area contributed by atoms with Gasteiger partial charge < -0.3 is 14.2 Å². The molecule has 0 aromatic heterocycles. The van der Waals surface area contributed by atoms with Crippen molar-refractivity contribution in [3.05, 3.63) is 88.4 Å². The van der Waals surface area contributed by atoms with Gasteiger partial charge in [0, 0.05) is 16.1 Å². The average molecular weight is 409 g/mol.